The van der Waals surface area contributed by atoms with Crippen LogP contribution in [0.25, 0.3) is 11.1 Å². The summed E-state index contributed by atoms with van der Waals surface area (Å²) in [5.41, 5.74) is 3.88. The largest absolute Gasteiger partial charge is 0.496 e. The molecule has 4 rings (SSSR count). The molecule has 0 atom stereocenters. The minimum Gasteiger partial charge on any atom is -0.496 e. The number of hydrogen-bond donors (Lipinski definition) is 0. The summed E-state index contributed by atoms with van der Waals surface area (Å²) in [5, 5.41) is 4.59. The van der Waals surface area contributed by atoms with Gasteiger partial charge in [-0.3, -0.25) is 9.58 Å². The van der Waals surface area contributed by atoms with E-state index in [-0.39, 0.29) is 0 Å². The van der Waals surface area contributed by atoms with Crippen molar-refractivity contribution in [2.45, 2.75) is 45.9 Å². The summed E-state index contributed by atoms with van der Waals surface area (Å²) in [4.78, 5) is 19.1. The Bertz CT molecular complexity index is 1110. The highest BCUT2D eigenvalue weighted by Crippen LogP contribution is 2.33. The van der Waals surface area contributed by atoms with Crippen molar-refractivity contribution >= 4 is 5.97 Å². The van der Waals surface area contributed by atoms with Crippen LogP contribution in [0.1, 0.15) is 48.6 Å². The molecule has 1 saturated heterocycles. The van der Waals surface area contributed by atoms with E-state index < -0.39 is 11.6 Å². The van der Waals surface area contributed by atoms with Crippen LogP contribution >= 0.6 is 0 Å². The molecule has 3 heterocycles. The third-order valence-corrected chi connectivity index (χ3v) is 5.44. The number of ether oxygens (including phenoxy) is 2. The van der Waals surface area contributed by atoms with E-state index in [0.717, 1.165) is 41.2 Å². The van der Waals surface area contributed by atoms with E-state index in [0.29, 0.717) is 18.3 Å². The van der Waals surface area contributed by atoms with E-state index in [1.165, 1.54) is 0 Å². The molecule has 1 aromatic carbocycles. The number of carbonyl (C=O) groups is 1. The molecule has 1 aliphatic heterocycles. The van der Waals surface area contributed by atoms with Crippen molar-refractivity contribution in [3.8, 4) is 16.9 Å². The summed E-state index contributed by atoms with van der Waals surface area (Å²) in [7, 11) is 1.70. The Labute approximate surface area is 189 Å². The fourth-order valence-corrected chi connectivity index (χ4v) is 3.91. The van der Waals surface area contributed by atoms with Gasteiger partial charge in [0.2, 0.25) is 0 Å². The lowest BCUT2D eigenvalue weighted by atomic mass is 10.0. The topological polar surface area (TPSA) is 69.5 Å². The van der Waals surface area contributed by atoms with Crippen LogP contribution in [0.4, 0.5) is 0 Å². The second kappa shape index (κ2) is 8.74. The molecule has 32 heavy (non-hydrogen) atoms. The monoisotopic (exact) mass is 434 g/mol. The van der Waals surface area contributed by atoms with Crippen LogP contribution in [-0.4, -0.2) is 51.4 Å². The number of pyridine rings is 1. The molecular weight excluding hydrogens is 404 g/mol. The van der Waals surface area contributed by atoms with Crippen molar-refractivity contribution in [3.63, 3.8) is 0 Å². The Kier molecular flexibility index (Phi) is 6.02. The number of benzene rings is 1. The number of carbonyl (C=O) groups excluding carboxylic acids is 1. The summed E-state index contributed by atoms with van der Waals surface area (Å²) < 4.78 is 13.0. The second-order valence-electron chi connectivity index (χ2n) is 9.23. The number of methoxy groups -OCH3 is 1. The summed E-state index contributed by atoms with van der Waals surface area (Å²) in [6.45, 7) is 10.0. The molecule has 2 aromatic heterocycles. The SMILES string of the molecule is COc1c(C)cccc1-c1cnn(C2CN(Cc3cccc(C(=O)OC(C)(C)C)n3)C2)c1. The first kappa shape index (κ1) is 22.0. The van der Waals surface area contributed by atoms with Gasteiger partial charge in [0, 0.05) is 37.0 Å². The van der Waals surface area contributed by atoms with Gasteiger partial charge in [0.25, 0.3) is 0 Å². The maximum Gasteiger partial charge on any atom is 0.357 e. The fourth-order valence-electron chi connectivity index (χ4n) is 3.91. The Hall–Kier alpha value is -3.19. The quantitative estimate of drug-likeness (QED) is 0.540. The van der Waals surface area contributed by atoms with Gasteiger partial charge in [-0.2, -0.15) is 5.10 Å². The van der Waals surface area contributed by atoms with Crippen molar-refractivity contribution in [2.24, 2.45) is 0 Å². The molecule has 1 aliphatic rings. The second-order valence-corrected chi connectivity index (χ2v) is 9.23. The van der Waals surface area contributed by atoms with Crippen LogP contribution in [0, 0.1) is 6.92 Å². The molecule has 0 N–H and O–H groups in total. The lowest BCUT2D eigenvalue weighted by Gasteiger charge is -2.39. The van der Waals surface area contributed by atoms with Gasteiger partial charge in [-0.1, -0.05) is 24.3 Å². The summed E-state index contributed by atoms with van der Waals surface area (Å²) in [5.74, 6) is 0.495. The van der Waals surface area contributed by atoms with Crippen molar-refractivity contribution < 1.29 is 14.3 Å². The Morgan fingerprint density at radius 3 is 2.62 bits per heavy atom. The summed E-state index contributed by atoms with van der Waals surface area (Å²) in [6, 6.07) is 11.9. The average molecular weight is 435 g/mol. The van der Waals surface area contributed by atoms with Gasteiger partial charge in [0.05, 0.1) is 25.0 Å². The molecule has 0 spiro atoms. The molecule has 0 bridgehead atoms. The van der Waals surface area contributed by atoms with Crippen LogP contribution < -0.4 is 4.74 Å². The molecular formula is C25H30N4O3. The molecule has 7 nitrogen and oxygen atoms in total. The molecule has 0 amide bonds. The van der Waals surface area contributed by atoms with Crippen LogP contribution in [0.5, 0.6) is 5.75 Å². The first-order valence-corrected chi connectivity index (χ1v) is 10.8. The normalized spacial score (nSPS) is 14.8. The number of esters is 1. The van der Waals surface area contributed by atoms with Gasteiger partial charge in [0.1, 0.15) is 17.0 Å². The van der Waals surface area contributed by atoms with E-state index in [2.05, 4.69) is 27.2 Å². The smallest absolute Gasteiger partial charge is 0.357 e. The molecule has 1 fully saturated rings. The van der Waals surface area contributed by atoms with Gasteiger partial charge < -0.3 is 9.47 Å². The first-order valence-electron chi connectivity index (χ1n) is 10.8. The van der Waals surface area contributed by atoms with E-state index in [1.807, 2.05) is 62.8 Å². The minimum atomic E-state index is -0.537. The maximum absolute atomic E-state index is 12.3. The highest BCUT2D eigenvalue weighted by molar-refractivity contribution is 5.87. The van der Waals surface area contributed by atoms with E-state index >= 15 is 0 Å². The number of aryl methyl sites for hydroxylation is 1. The van der Waals surface area contributed by atoms with Crippen molar-refractivity contribution in [1.29, 1.82) is 0 Å². The third-order valence-electron chi connectivity index (χ3n) is 5.44. The van der Waals surface area contributed by atoms with E-state index in [4.69, 9.17) is 9.47 Å². The van der Waals surface area contributed by atoms with Gasteiger partial charge in [-0.25, -0.2) is 9.78 Å². The van der Waals surface area contributed by atoms with E-state index in [9.17, 15) is 4.79 Å². The molecule has 3 aromatic rings. The van der Waals surface area contributed by atoms with Crippen LogP contribution in [0.3, 0.4) is 0 Å². The van der Waals surface area contributed by atoms with Crippen molar-refractivity contribution in [2.75, 3.05) is 20.2 Å². The Balaban J connectivity index is 1.37. The lowest BCUT2D eigenvalue weighted by Crippen LogP contribution is -2.47. The number of aromatic nitrogens is 3. The predicted molar refractivity (Wildman–Crippen MR) is 123 cm³/mol. The van der Waals surface area contributed by atoms with Gasteiger partial charge >= 0.3 is 5.97 Å². The molecule has 0 saturated carbocycles. The zero-order chi connectivity index (χ0) is 22.9. The van der Waals surface area contributed by atoms with Gasteiger partial charge in [-0.15, -0.1) is 0 Å². The summed E-state index contributed by atoms with van der Waals surface area (Å²) in [6.07, 6.45) is 3.98. The lowest BCUT2D eigenvalue weighted by molar-refractivity contribution is 0.00619. The number of nitrogens with zero attached hydrogens (tertiary/aromatic N) is 4. The number of para-hydroxylation sites is 1. The van der Waals surface area contributed by atoms with Crippen LogP contribution in [0.2, 0.25) is 0 Å². The molecule has 0 radical (unpaired) electrons. The minimum absolute atomic E-state index is 0.314. The van der Waals surface area contributed by atoms with Crippen molar-refractivity contribution in [3.05, 3.63) is 65.7 Å². The van der Waals surface area contributed by atoms with Gasteiger partial charge in [-0.05, 0) is 45.4 Å². The van der Waals surface area contributed by atoms with Crippen LogP contribution in [-0.2, 0) is 11.3 Å². The average Bonchev–Trinajstić information content (AvgIpc) is 3.18. The zero-order valence-electron chi connectivity index (χ0n) is 19.3. The molecule has 7 heteroatoms. The Morgan fingerprint density at radius 2 is 1.91 bits per heavy atom. The van der Waals surface area contributed by atoms with Crippen LogP contribution in [0.15, 0.2) is 48.8 Å². The van der Waals surface area contributed by atoms with Crippen molar-refractivity contribution in [1.82, 2.24) is 19.7 Å². The van der Waals surface area contributed by atoms with Gasteiger partial charge in [0.15, 0.2) is 0 Å². The third kappa shape index (κ3) is 4.83. The first-order chi connectivity index (χ1) is 15.2. The number of hydrogen-bond acceptors (Lipinski definition) is 6. The number of likely N-dealkylation sites (tertiary alicyclic amines) is 1. The maximum atomic E-state index is 12.3. The highest BCUT2D eigenvalue weighted by Gasteiger charge is 2.29. The highest BCUT2D eigenvalue weighted by atomic mass is 16.6. The molecule has 0 unspecified atom stereocenters. The molecule has 0 aliphatic carbocycles. The zero-order valence-corrected chi connectivity index (χ0v) is 19.3. The molecule has 168 valence electrons. The standard InChI is InChI=1S/C25H30N4O3/c1-17-8-6-10-21(23(17)31-5)18-12-26-29(13-18)20-15-28(16-20)14-19-9-7-11-22(27-19)24(30)32-25(2,3)4/h6-13,20H,14-16H2,1-5H3. The Morgan fingerprint density at radius 1 is 1.16 bits per heavy atom. The fraction of sp³-hybridized carbons (Fsp3) is 0.400. The predicted octanol–water partition coefficient (Wildman–Crippen LogP) is 4.27. The number of rotatable bonds is 6. The van der Waals surface area contributed by atoms with E-state index in [1.54, 1.807) is 13.2 Å². The summed E-state index contributed by atoms with van der Waals surface area (Å²) >= 11 is 0.